The maximum absolute atomic E-state index is 13.4. The number of nitrogens with one attached hydrogen (secondary N) is 1. The maximum Gasteiger partial charge on any atom is 0.243 e. The van der Waals surface area contributed by atoms with E-state index in [0.29, 0.717) is 30.8 Å². The molecule has 2 aromatic rings. The molecule has 0 aliphatic heterocycles. The SMILES string of the molecule is CCC(C)NC(=O)C(CC)N(Cc1ccc(Cl)cc1)C(=O)CCc1ccc(C(C)(C)C)cc1. The van der Waals surface area contributed by atoms with Crippen molar-refractivity contribution in [2.45, 2.75) is 91.3 Å². The van der Waals surface area contributed by atoms with Gasteiger partial charge in [0, 0.05) is 24.0 Å². The number of amides is 2. The molecular weight excluding hydrogens is 432 g/mol. The Bertz CT molecular complexity index is 901. The monoisotopic (exact) mass is 470 g/mol. The summed E-state index contributed by atoms with van der Waals surface area (Å²) in [5.41, 5.74) is 3.45. The molecule has 0 bridgehead atoms. The Morgan fingerprint density at radius 3 is 2.03 bits per heavy atom. The van der Waals surface area contributed by atoms with Crippen molar-refractivity contribution in [1.82, 2.24) is 10.2 Å². The van der Waals surface area contributed by atoms with Gasteiger partial charge in [-0.25, -0.2) is 0 Å². The van der Waals surface area contributed by atoms with Crippen LogP contribution in [0.25, 0.3) is 0 Å². The molecular formula is C28H39ClN2O2. The molecule has 0 aliphatic rings. The Hall–Kier alpha value is -2.33. The maximum atomic E-state index is 13.4. The van der Waals surface area contributed by atoms with Crippen molar-refractivity contribution in [3.05, 3.63) is 70.2 Å². The lowest BCUT2D eigenvalue weighted by Crippen LogP contribution is -2.50. The number of aryl methyl sites for hydroxylation is 1. The standard InChI is InChI=1S/C28H39ClN2O2/c1-7-20(3)30-27(33)25(8-2)31(19-22-11-16-24(29)17-12-22)26(32)18-13-21-9-14-23(15-10-21)28(4,5)6/h9-12,14-17,20,25H,7-8,13,18-19H2,1-6H3,(H,30,33). The van der Waals surface area contributed by atoms with Crippen LogP contribution in [-0.4, -0.2) is 28.8 Å². The number of hydrogen-bond donors (Lipinski definition) is 1. The minimum atomic E-state index is -0.509. The normalized spacial score (nSPS) is 13.3. The molecule has 2 rings (SSSR count). The zero-order valence-corrected chi connectivity index (χ0v) is 21.7. The summed E-state index contributed by atoms with van der Waals surface area (Å²) in [5, 5.41) is 3.70. The van der Waals surface area contributed by atoms with E-state index < -0.39 is 6.04 Å². The first-order valence-corrected chi connectivity index (χ1v) is 12.4. The van der Waals surface area contributed by atoms with Crippen molar-refractivity contribution in [1.29, 1.82) is 0 Å². The molecule has 5 heteroatoms. The highest BCUT2D eigenvalue weighted by Gasteiger charge is 2.29. The van der Waals surface area contributed by atoms with Crippen LogP contribution in [0.5, 0.6) is 0 Å². The number of nitrogens with zero attached hydrogens (tertiary/aromatic N) is 1. The van der Waals surface area contributed by atoms with E-state index >= 15 is 0 Å². The van der Waals surface area contributed by atoms with Crippen LogP contribution in [0, 0.1) is 0 Å². The van der Waals surface area contributed by atoms with Gasteiger partial charge in [-0.3, -0.25) is 9.59 Å². The van der Waals surface area contributed by atoms with E-state index in [4.69, 9.17) is 11.6 Å². The van der Waals surface area contributed by atoms with Gasteiger partial charge in [0.25, 0.3) is 0 Å². The Kier molecular flexibility index (Phi) is 9.97. The second-order valence-corrected chi connectivity index (χ2v) is 10.3. The highest BCUT2D eigenvalue weighted by molar-refractivity contribution is 6.30. The van der Waals surface area contributed by atoms with E-state index in [9.17, 15) is 9.59 Å². The van der Waals surface area contributed by atoms with Gasteiger partial charge in [-0.05, 0) is 60.4 Å². The lowest BCUT2D eigenvalue weighted by molar-refractivity contribution is -0.141. The van der Waals surface area contributed by atoms with Crippen molar-refractivity contribution < 1.29 is 9.59 Å². The van der Waals surface area contributed by atoms with Gasteiger partial charge in [-0.15, -0.1) is 0 Å². The van der Waals surface area contributed by atoms with E-state index in [1.807, 2.05) is 45.0 Å². The summed E-state index contributed by atoms with van der Waals surface area (Å²) in [4.78, 5) is 28.1. The van der Waals surface area contributed by atoms with Crippen LogP contribution in [-0.2, 0) is 28.0 Å². The third-order valence-corrected chi connectivity index (χ3v) is 6.35. The minimum Gasteiger partial charge on any atom is -0.352 e. The molecule has 2 atom stereocenters. The molecule has 0 saturated heterocycles. The number of carbonyl (C=O) groups excluding carboxylic acids is 2. The number of hydrogen-bond acceptors (Lipinski definition) is 2. The summed E-state index contributed by atoms with van der Waals surface area (Å²) in [6.07, 6.45) is 2.40. The van der Waals surface area contributed by atoms with Crippen LogP contribution < -0.4 is 5.32 Å². The molecule has 2 aromatic carbocycles. The molecule has 0 saturated carbocycles. The van der Waals surface area contributed by atoms with Gasteiger partial charge < -0.3 is 10.2 Å². The topological polar surface area (TPSA) is 49.4 Å². The summed E-state index contributed by atoms with van der Waals surface area (Å²) >= 11 is 6.04. The van der Waals surface area contributed by atoms with E-state index in [1.54, 1.807) is 4.90 Å². The van der Waals surface area contributed by atoms with E-state index in [1.165, 1.54) is 5.56 Å². The second kappa shape index (κ2) is 12.2. The zero-order valence-electron chi connectivity index (χ0n) is 21.0. The summed E-state index contributed by atoms with van der Waals surface area (Å²) in [6, 6.07) is 15.5. The second-order valence-electron chi connectivity index (χ2n) is 9.84. The lowest BCUT2D eigenvalue weighted by Gasteiger charge is -2.31. The molecule has 33 heavy (non-hydrogen) atoms. The molecule has 1 N–H and O–H groups in total. The van der Waals surface area contributed by atoms with Crippen LogP contribution in [0.3, 0.4) is 0 Å². The fourth-order valence-electron chi connectivity index (χ4n) is 3.71. The molecule has 0 radical (unpaired) electrons. The number of halogens is 1. The molecule has 0 spiro atoms. The zero-order chi connectivity index (χ0) is 24.6. The fraction of sp³-hybridized carbons (Fsp3) is 0.500. The van der Waals surface area contributed by atoms with Gasteiger partial charge in [0.05, 0.1) is 0 Å². The van der Waals surface area contributed by atoms with Crippen molar-refractivity contribution in [2.75, 3.05) is 0 Å². The van der Waals surface area contributed by atoms with Gasteiger partial charge in [0.15, 0.2) is 0 Å². The Morgan fingerprint density at radius 1 is 0.939 bits per heavy atom. The van der Waals surface area contributed by atoms with E-state index in [2.05, 4.69) is 50.4 Å². The van der Waals surface area contributed by atoms with Gasteiger partial charge in [0.1, 0.15) is 6.04 Å². The third kappa shape index (κ3) is 8.19. The minimum absolute atomic E-state index is 0.0176. The van der Waals surface area contributed by atoms with Crippen molar-refractivity contribution in [3.63, 3.8) is 0 Å². The molecule has 0 fully saturated rings. The summed E-state index contributed by atoms with van der Waals surface area (Å²) < 4.78 is 0. The highest BCUT2D eigenvalue weighted by Crippen LogP contribution is 2.23. The van der Waals surface area contributed by atoms with Crippen molar-refractivity contribution >= 4 is 23.4 Å². The Balaban J connectivity index is 2.19. The summed E-state index contributed by atoms with van der Waals surface area (Å²) in [7, 11) is 0. The summed E-state index contributed by atoms with van der Waals surface area (Å²) in [5.74, 6) is -0.111. The molecule has 2 amide bonds. The van der Waals surface area contributed by atoms with E-state index in [-0.39, 0.29) is 23.3 Å². The van der Waals surface area contributed by atoms with Crippen molar-refractivity contribution in [3.8, 4) is 0 Å². The molecule has 4 nitrogen and oxygen atoms in total. The number of carbonyl (C=O) groups is 2. The van der Waals surface area contributed by atoms with Crippen molar-refractivity contribution in [2.24, 2.45) is 0 Å². The predicted molar refractivity (Wildman–Crippen MR) is 137 cm³/mol. The number of rotatable bonds is 10. The fourth-order valence-corrected chi connectivity index (χ4v) is 3.84. The molecule has 2 unspecified atom stereocenters. The lowest BCUT2D eigenvalue weighted by atomic mass is 9.86. The molecule has 0 aliphatic carbocycles. The van der Waals surface area contributed by atoms with Gasteiger partial charge in [-0.1, -0.05) is 82.6 Å². The predicted octanol–water partition coefficient (Wildman–Crippen LogP) is 6.29. The average molecular weight is 471 g/mol. The van der Waals surface area contributed by atoms with Gasteiger partial charge in [-0.2, -0.15) is 0 Å². The summed E-state index contributed by atoms with van der Waals surface area (Å²) in [6.45, 7) is 12.9. The highest BCUT2D eigenvalue weighted by atomic mass is 35.5. The van der Waals surface area contributed by atoms with Crippen LogP contribution in [0.15, 0.2) is 48.5 Å². The van der Waals surface area contributed by atoms with Gasteiger partial charge >= 0.3 is 0 Å². The van der Waals surface area contributed by atoms with Crippen LogP contribution in [0.4, 0.5) is 0 Å². The first-order valence-electron chi connectivity index (χ1n) is 12.0. The van der Waals surface area contributed by atoms with E-state index in [0.717, 1.165) is 17.5 Å². The van der Waals surface area contributed by atoms with Gasteiger partial charge in [0.2, 0.25) is 11.8 Å². The number of benzene rings is 2. The quantitative estimate of drug-likeness (QED) is 0.443. The first kappa shape index (κ1) is 26.9. The average Bonchev–Trinajstić information content (AvgIpc) is 2.78. The van der Waals surface area contributed by atoms with Crippen LogP contribution in [0.1, 0.15) is 77.5 Å². The third-order valence-electron chi connectivity index (χ3n) is 6.10. The van der Waals surface area contributed by atoms with Crippen LogP contribution >= 0.6 is 11.6 Å². The Morgan fingerprint density at radius 2 is 1.52 bits per heavy atom. The smallest absolute Gasteiger partial charge is 0.243 e. The molecule has 0 aromatic heterocycles. The first-order chi connectivity index (χ1) is 15.5. The molecule has 0 heterocycles. The van der Waals surface area contributed by atoms with Crippen LogP contribution in [0.2, 0.25) is 5.02 Å². The largest absolute Gasteiger partial charge is 0.352 e. The Labute approximate surface area is 204 Å². The molecule has 180 valence electrons.